The molecule has 3 nitrogen and oxygen atoms in total. The Balaban J connectivity index is 1.90. The van der Waals surface area contributed by atoms with Crippen LogP contribution in [0.5, 0.6) is 0 Å². The van der Waals surface area contributed by atoms with E-state index < -0.39 is 0 Å². The Morgan fingerprint density at radius 1 is 1.32 bits per heavy atom. The fraction of sp³-hybridized carbons (Fsp3) is 0.625. The maximum absolute atomic E-state index is 9.06. The quantitative estimate of drug-likeness (QED) is 0.852. The highest BCUT2D eigenvalue weighted by molar-refractivity contribution is 5.21. The molecule has 19 heavy (non-hydrogen) atoms. The molecule has 0 aromatic heterocycles. The summed E-state index contributed by atoms with van der Waals surface area (Å²) in [7, 11) is 2.05. The van der Waals surface area contributed by atoms with E-state index in [9.17, 15) is 0 Å². The van der Waals surface area contributed by atoms with Gasteiger partial charge in [0.25, 0.3) is 0 Å². The van der Waals surface area contributed by atoms with E-state index >= 15 is 0 Å². The Labute approximate surface area is 116 Å². The summed E-state index contributed by atoms with van der Waals surface area (Å²) in [4.78, 5) is 2.55. The first-order valence-electron chi connectivity index (χ1n) is 7.31. The normalized spacial score (nSPS) is 22.4. The largest absolute Gasteiger partial charge is 0.392 e. The van der Waals surface area contributed by atoms with E-state index in [0.717, 1.165) is 18.0 Å². The fourth-order valence-corrected chi connectivity index (χ4v) is 2.89. The smallest absolute Gasteiger partial charge is 0.0681 e. The van der Waals surface area contributed by atoms with Crippen LogP contribution in [0.3, 0.4) is 0 Å². The molecule has 1 fully saturated rings. The number of aliphatic hydroxyl groups excluding tert-OH is 1. The van der Waals surface area contributed by atoms with Crippen LogP contribution in [0.2, 0.25) is 0 Å². The van der Waals surface area contributed by atoms with Gasteiger partial charge in [-0.05, 0) is 50.4 Å². The van der Waals surface area contributed by atoms with Crippen molar-refractivity contribution in [3.8, 4) is 0 Å². The van der Waals surface area contributed by atoms with Crippen molar-refractivity contribution < 1.29 is 5.11 Å². The van der Waals surface area contributed by atoms with Gasteiger partial charge in [0.15, 0.2) is 0 Å². The molecule has 0 saturated carbocycles. The number of benzene rings is 1. The number of nitrogens with one attached hydrogen (secondary N) is 1. The van der Waals surface area contributed by atoms with E-state index in [4.69, 9.17) is 5.11 Å². The van der Waals surface area contributed by atoms with Crippen LogP contribution in [0, 0.1) is 5.92 Å². The van der Waals surface area contributed by atoms with Crippen molar-refractivity contribution in [2.75, 3.05) is 20.1 Å². The van der Waals surface area contributed by atoms with Crippen molar-refractivity contribution in [2.45, 2.75) is 39.0 Å². The number of rotatable bonds is 5. The van der Waals surface area contributed by atoms with Gasteiger partial charge in [0.1, 0.15) is 0 Å². The van der Waals surface area contributed by atoms with Crippen LogP contribution in [0.25, 0.3) is 0 Å². The lowest BCUT2D eigenvalue weighted by Gasteiger charge is -2.35. The van der Waals surface area contributed by atoms with Crippen LogP contribution in [-0.2, 0) is 13.2 Å². The van der Waals surface area contributed by atoms with Crippen LogP contribution in [-0.4, -0.2) is 36.2 Å². The Hall–Kier alpha value is -0.900. The van der Waals surface area contributed by atoms with Crippen molar-refractivity contribution in [1.82, 2.24) is 10.2 Å². The summed E-state index contributed by atoms with van der Waals surface area (Å²) in [6, 6.07) is 8.91. The van der Waals surface area contributed by atoms with Crippen LogP contribution < -0.4 is 5.32 Å². The topological polar surface area (TPSA) is 35.5 Å². The second-order valence-corrected chi connectivity index (χ2v) is 5.69. The predicted molar refractivity (Wildman–Crippen MR) is 78.9 cm³/mol. The molecule has 1 aromatic rings. The maximum Gasteiger partial charge on any atom is 0.0681 e. The van der Waals surface area contributed by atoms with E-state index in [0.29, 0.717) is 6.04 Å². The third kappa shape index (κ3) is 4.03. The summed E-state index contributed by atoms with van der Waals surface area (Å²) < 4.78 is 0. The van der Waals surface area contributed by atoms with Gasteiger partial charge in [-0.25, -0.2) is 0 Å². The number of aliphatic hydroxyl groups is 1. The van der Waals surface area contributed by atoms with Gasteiger partial charge in [0.2, 0.25) is 0 Å². The molecule has 3 heteroatoms. The predicted octanol–water partition coefficient (Wildman–Crippen LogP) is 2.00. The van der Waals surface area contributed by atoms with Crippen LogP contribution in [0.15, 0.2) is 24.3 Å². The molecule has 2 atom stereocenters. The molecule has 0 bridgehead atoms. The van der Waals surface area contributed by atoms with Gasteiger partial charge in [-0.15, -0.1) is 0 Å². The highest BCUT2D eigenvalue weighted by atomic mass is 16.3. The molecule has 1 aliphatic heterocycles. The molecule has 2 rings (SSSR count). The first kappa shape index (κ1) is 14.5. The van der Waals surface area contributed by atoms with Crippen molar-refractivity contribution in [3.63, 3.8) is 0 Å². The number of hydrogen-bond donors (Lipinski definition) is 2. The highest BCUT2D eigenvalue weighted by Crippen LogP contribution is 2.21. The molecular weight excluding hydrogens is 236 g/mol. The maximum atomic E-state index is 9.06. The minimum Gasteiger partial charge on any atom is -0.392 e. The summed E-state index contributed by atoms with van der Waals surface area (Å²) in [5.41, 5.74) is 2.33. The monoisotopic (exact) mass is 262 g/mol. The second-order valence-electron chi connectivity index (χ2n) is 5.69. The lowest BCUT2D eigenvalue weighted by molar-refractivity contribution is 0.147. The molecule has 0 spiro atoms. The van der Waals surface area contributed by atoms with E-state index in [1.54, 1.807) is 0 Å². The van der Waals surface area contributed by atoms with Crippen molar-refractivity contribution in [3.05, 3.63) is 35.4 Å². The summed E-state index contributed by atoms with van der Waals surface area (Å²) in [6.07, 6.45) is 2.63. The van der Waals surface area contributed by atoms with Crippen molar-refractivity contribution >= 4 is 0 Å². The molecular formula is C16H26N2O. The zero-order valence-corrected chi connectivity index (χ0v) is 12.1. The summed E-state index contributed by atoms with van der Waals surface area (Å²) in [5.74, 6) is 0.760. The second kappa shape index (κ2) is 7.04. The van der Waals surface area contributed by atoms with Crippen LogP contribution >= 0.6 is 0 Å². The number of likely N-dealkylation sites (tertiary alicyclic amines) is 1. The van der Waals surface area contributed by atoms with E-state index in [1.165, 1.54) is 31.5 Å². The molecule has 1 heterocycles. The van der Waals surface area contributed by atoms with Crippen LogP contribution in [0.4, 0.5) is 0 Å². The zero-order chi connectivity index (χ0) is 13.7. The van der Waals surface area contributed by atoms with Gasteiger partial charge in [0.05, 0.1) is 6.61 Å². The average molecular weight is 262 g/mol. The standard InChI is InChI=1S/C16H26N2O/c1-13(17-2)16-4-3-9-18(11-16)10-14-5-7-15(12-19)8-6-14/h5-8,13,16-17,19H,3-4,9-12H2,1-2H3. The first-order valence-corrected chi connectivity index (χ1v) is 7.31. The van der Waals surface area contributed by atoms with Gasteiger partial charge in [-0.1, -0.05) is 24.3 Å². The number of nitrogens with zero attached hydrogens (tertiary/aromatic N) is 1. The molecule has 106 valence electrons. The first-order chi connectivity index (χ1) is 9.22. The SMILES string of the molecule is CNC(C)C1CCCN(Cc2ccc(CO)cc2)C1. The molecule has 1 aliphatic rings. The number of hydrogen-bond acceptors (Lipinski definition) is 3. The Morgan fingerprint density at radius 2 is 2.00 bits per heavy atom. The van der Waals surface area contributed by atoms with Crippen molar-refractivity contribution in [2.24, 2.45) is 5.92 Å². The summed E-state index contributed by atoms with van der Waals surface area (Å²) in [6.45, 7) is 5.83. The molecule has 2 N–H and O–H groups in total. The van der Waals surface area contributed by atoms with Gasteiger partial charge >= 0.3 is 0 Å². The highest BCUT2D eigenvalue weighted by Gasteiger charge is 2.23. The molecule has 1 aromatic carbocycles. The number of piperidine rings is 1. The van der Waals surface area contributed by atoms with Gasteiger partial charge in [-0.3, -0.25) is 4.90 Å². The molecule has 1 saturated heterocycles. The van der Waals surface area contributed by atoms with Gasteiger partial charge < -0.3 is 10.4 Å². The lowest BCUT2D eigenvalue weighted by Crippen LogP contribution is -2.43. The van der Waals surface area contributed by atoms with E-state index in [1.807, 2.05) is 12.1 Å². The third-order valence-corrected chi connectivity index (χ3v) is 4.32. The Morgan fingerprint density at radius 3 is 2.63 bits per heavy atom. The van der Waals surface area contributed by atoms with Crippen molar-refractivity contribution in [1.29, 1.82) is 0 Å². The van der Waals surface area contributed by atoms with E-state index in [2.05, 4.69) is 36.3 Å². The van der Waals surface area contributed by atoms with E-state index in [-0.39, 0.29) is 6.61 Å². The van der Waals surface area contributed by atoms with Crippen LogP contribution in [0.1, 0.15) is 30.9 Å². The minimum absolute atomic E-state index is 0.131. The average Bonchev–Trinajstić information content (AvgIpc) is 2.47. The molecule has 0 radical (unpaired) electrons. The van der Waals surface area contributed by atoms with Gasteiger partial charge in [-0.2, -0.15) is 0 Å². The molecule has 2 unspecified atom stereocenters. The Bertz CT molecular complexity index is 377. The lowest BCUT2D eigenvalue weighted by atomic mass is 9.91. The summed E-state index contributed by atoms with van der Waals surface area (Å²) in [5, 5.41) is 12.4. The minimum atomic E-state index is 0.131. The fourth-order valence-electron chi connectivity index (χ4n) is 2.89. The summed E-state index contributed by atoms with van der Waals surface area (Å²) >= 11 is 0. The zero-order valence-electron chi connectivity index (χ0n) is 12.1. The molecule has 0 amide bonds. The Kier molecular flexibility index (Phi) is 5.37. The molecule has 0 aliphatic carbocycles. The third-order valence-electron chi connectivity index (χ3n) is 4.32. The van der Waals surface area contributed by atoms with Gasteiger partial charge in [0, 0.05) is 19.1 Å².